The zero-order valence-electron chi connectivity index (χ0n) is 14.2. The summed E-state index contributed by atoms with van der Waals surface area (Å²) in [6.45, 7) is 0. The highest BCUT2D eigenvalue weighted by Gasteiger charge is 2.13. The van der Waals surface area contributed by atoms with Gasteiger partial charge in [-0.2, -0.15) is 0 Å². The molecule has 7 heteroatoms. The van der Waals surface area contributed by atoms with Crippen LogP contribution in [-0.2, 0) is 6.42 Å². The molecule has 0 unspecified atom stereocenters. The minimum absolute atomic E-state index is 0.00453. The summed E-state index contributed by atoms with van der Waals surface area (Å²) >= 11 is 6.16. The van der Waals surface area contributed by atoms with Crippen molar-refractivity contribution in [1.29, 1.82) is 0 Å². The van der Waals surface area contributed by atoms with Crippen molar-refractivity contribution in [2.45, 2.75) is 38.5 Å². The summed E-state index contributed by atoms with van der Waals surface area (Å²) in [4.78, 5) is 19.1. The minimum atomic E-state index is -0.332. The minimum Gasteiger partial charge on any atom is -0.364 e. The van der Waals surface area contributed by atoms with Crippen LogP contribution < -0.4 is 0 Å². The van der Waals surface area contributed by atoms with E-state index in [0.29, 0.717) is 28.7 Å². The van der Waals surface area contributed by atoms with Crippen molar-refractivity contribution in [2.75, 3.05) is 0 Å². The summed E-state index contributed by atoms with van der Waals surface area (Å²) in [5, 5.41) is 4.02. The topological polar surface area (TPSA) is 71.8 Å². The van der Waals surface area contributed by atoms with Gasteiger partial charge in [0, 0.05) is 12.5 Å². The largest absolute Gasteiger partial charge is 0.364 e. The van der Waals surface area contributed by atoms with Crippen LogP contribution in [0.3, 0.4) is 0 Å². The Morgan fingerprint density at radius 1 is 1.15 bits per heavy atom. The summed E-state index contributed by atoms with van der Waals surface area (Å²) in [6.07, 6.45) is 6.23. The number of rotatable bonds is 9. The molecule has 1 aromatic carbocycles. The number of nitrogens with one attached hydrogen (secondary N) is 1. The fourth-order valence-electron chi connectivity index (χ4n) is 2.76. The van der Waals surface area contributed by atoms with Gasteiger partial charge in [0.05, 0.1) is 11.3 Å². The normalized spacial score (nSPS) is 11.0. The third kappa shape index (κ3) is 4.58. The van der Waals surface area contributed by atoms with Crippen LogP contribution in [0.5, 0.6) is 0 Å². The molecule has 0 saturated heterocycles. The fraction of sp³-hybridized carbons (Fsp3) is 0.316. The quantitative estimate of drug-likeness (QED) is 0.410. The van der Waals surface area contributed by atoms with Crippen molar-refractivity contribution in [3.05, 3.63) is 59.0 Å². The van der Waals surface area contributed by atoms with Gasteiger partial charge < -0.3 is 9.51 Å². The van der Waals surface area contributed by atoms with Crippen LogP contribution in [-0.4, -0.2) is 20.9 Å². The Kier molecular flexibility index (Phi) is 6.17. The van der Waals surface area contributed by atoms with Crippen molar-refractivity contribution in [3.63, 3.8) is 0 Å². The van der Waals surface area contributed by atoms with Crippen LogP contribution in [0.2, 0.25) is 5.15 Å². The lowest BCUT2D eigenvalue weighted by molar-refractivity contribution is 0.0970. The lowest BCUT2D eigenvalue weighted by atomic mass is 10.1. The van der Waals surface area contributed by atoms with E-state index in [1.54, 1.807) is 24.3 Å². The Labute approximate surface area is 155 Å². The first-order chi connectivity index (χ1) is 12.6. The Balaban J connectivity index is 1.43. The van der Waals surface area contributed by atoms with Gasteiger partial charge in [-0.1, -0.05) is 41.7 Å². The molecule has 0 aliphatic carbocycles. The van der Waals surface area contributed by atoms with Crippen LogP contribution in [0.25, 0.3) is 11.4 Å². The number of aromatic nitrogens is 3. The molecule has 2 heterocycles. The molecule has 2 aromatic heterocycles. The standard InChI is InChI=1S/C19H19ClFN3O2/c20-18-16(22-19(23-18)13-7-5-6-8-14(13)21)9-3-1-2-4-10-17(25)15-11-12-26-24-15/h5-8,11-12H,1-4,9-10H2,(H,22,23). The van der Waals surface area contributed by atoms with Crippen LogP contribution >= 0.6 is 11.6 Å². The lowest BCUT2D eigenvalue weighted by Crippen LogP contribution is -1.99. The Bertz CT molecular complexity index is 862. The summed E-state index contributed by atoms with van der Waals surface area (Å²) in [6, 6.07) is 8.04. The maximum atomic E-state index is 13.8. The van der Waals surface area contributed by atoms with Crippen molar-refractivity contribution < 1.29 is 13.7 Å². The molecule has 0 saturated carbocycles. The summed E-state index contributed by atoms with van der Waals surface area (Å²) in [7, 11) is 0. The SMILES string of the molecule is O=C(CCCCCCc1[nH]c(-c2ccccc2F)nc1Cl)c1ccon1. The molecule has 0 atom stereocenters. The van der Waals surface area contributed by atoms with Gasteiger partial charge in [0.2, 0.25) is 0 Å². The van der Waals surface area contributed by atoms with Gasteiger partial charge in [0.25, 0.3) is 0 Å². The first-order valence-electron chi connectivity index (χ1n) is 8.58. The predicted octanol–water partition coefficient (Wildman–Crippen LogP) is 5.23. The number of aromatic amines is 1. The van der Waals surface area contributed by atoms with Gasteiger partial charge >= 0.3 is 0 Å². The molecule has 3 rings (SSSR count). The number of halogens is 2. The second-order valence-corrected chi connectivity index (χ2v) is 6.41. The van der Waals surface area contributed by atoms with E-state index in [0.717, 1.165) is 37.8 Å². The smallest absolute Gasteiger partial charge is 0.184 e. The Morgan fingerprint density at radius 2 is 1.96 bits per heavy atom. The third-order valence-corrected chi connectivity index (χ3v) is 4.47. The molecule has 0 amide bonds. The second kappa shape index (κ2) is 8.76. The maximum Gasteiger partial charge on any atom is 0.184 e. The zero-order valence-corrected chi connectivity index (χ0v) is 14.9. The highest BCUT2D eigenvalue weighted by Crippen LogP contribution is 2.24. The average molecular weight is 376 g/mol. The molecule has 0 radical (unpaired) electrons. The molecular formula is C19H19ClFN3O2. The van der Waals surface area contributed by atoms with Crippen molar-refractivity contribution in [2.24, 2.45) is 0 Å². The van der Waals surface area contributed by atoms with E-state index in [1.165, 1.54) is 12.3 Å². The van der Waals surface area contributed by atoms with Gasteiger partial charge in [-0.3, -0.25) is 4.79 Å². The number of nitrogens with zero attached hydrogens (tertiary/aromatic N) is 2. The highest BCUT2D eigenvalue weighted by atomic mass is 35.5. The first kappa shape index (κ1) is 18.3. The van der Waals surface area contributed by atoms with Gasteiger partial charge in [-0.15, -0.1) is 0 Å². The molecule has 0 spiro atoms. The Morgan fingerprint density at radius 3 is 2.73 bits per heavy atom. The molecule has 5 nitrogen and oxygen atoms in total. The van der Waals surface area contributed by atoms with Crippen LogP contribution in [0.1, 0.15) is 48.3 Å². The fourth-order valence-corrected chi connectivity index (χ4v) is 2.99. The molecule has 0 aliphatic rings. The number of carbonyl (C=O) groups excluding carboxylic acids is 1. The number of aryl methyl sites for hydroxylation is 1. The number of imidazole rings is 1. The van der Waals surface area contributed by atoms with Gasteiger partial charge in [-0.25, -0.2) is 9.37 Å². The van der Waals surface area contributed by atoms with Gasteiger partial charge in [0.15, 0.2) is 10.9 Å². The number of benzene rings is 1. The third-order valence-electron chi connectivity index (χ3n) is 4.16. The second-order valence-electron chi connectivity index (χ2n) is 6.06. The number of Topliss-reactive ketones (excluding diaryl/α,β-unsaturated/α-hetero) is 1. The molecule has 3 aromatic rings. The molecule has 0 aliphatic heterocycles. The maximum absolute atomic E-state index is 13.8. The molecule has 0 bridgehead atoms. The van der Waals surface area contributed by atoms with E-state index in [2.05, 4.69) is 19.6 Å². The average Bonchev–Trinajstić information content (AvgIpc) is 3.28. The molecule has 0 fully saturated rings. The van der Waals surface area contributed by atoms with E-state index < -0.39 is 0 Å². The Hall–Kier alpha value is -2.47. The summed E-state index contributed by atoms with van der Waals surface area (Å²) < 4.78 is 18.5. The van der Waals surface area contributed by atoms with Crippen molar-refractivity contribution in [3.8, 4) is 11.4 Å². The number of hydrogen-bond donors (Lipinski definition) is 1. The van der Waals surface area contributed by atoms with Gasteiger partial charge in [-0.05, 0) is 31.4 Å². The first-order valence-corrected chi connectivity index (χ1v) is 8.96. The number of carbonyl (C=O) groups is 1. The van der Waals surface area contributed by atoms with Crippen molar-refractivity contribution >= 4 is 17.4 Å². The van der Waals surface area contributed by atoms with Crippen molar-refractivity contribution in [1.82, 2.24) is 15.1 Å². The number of unbranched alkanes of at least 4 members (excludes halogenated alkanes) is 3. The van der Waals surface area contributed by atoms with Crippen LogP contribution in [0.4, 0.5) is 4.39 Å². The number of hydrogen-bond acceptors (Lipinski definition) is 4. The summed E-state index contributed by atoms with van der Waals surface area (Å²) in [5.41, 5.74) is 1.60. The van der Waals surface area contributed by atoms with E-state index in [9.17, 15) is 9.18 Å². The number of H-pyrrole nitrogens is 1. The monoisotopic (exact) mass is 375 g/mol. The predicted molar refractivity (Wildman–Crippen MR) is 96.6 cm³/mol. The van der Waals surface area contributed by atoms with Gasteiger partial charge in [0.1, 0.15) is 23.6 Å². The summed E-state index contributed by atoms with van der Waals surface area (Å²) in [5.74, 6) is 0.118. The highest BCUT2D eigenvalue weighted by molar-refractivity contribution is 6.30. The van der Waals surface area contributed by atoms with E-state index in [1.807, 2.05) is 0 Å². The number of ketones is 1. The van der Waals surface area contributed by atoms with E-state index in [4.69, 9.17) is 11.6 Å². The zero-order chi connectivity index (χ0) is 18.4. The van der Waals surface area contributed by atoms with E-state index in [-0.39, 0.29) is 11.6 Å². The molecule has 1 N–H and O–H groups in total. The molecular weight excluding hydrogens is 357 g/mol. The molecule has 136 valence electrons. The van der Waals surface area contributed by atoms with Crippen LogP contribution in [0.15, 0.2) is 41.1 Å². The van der Waals surface area contributed by atoms with Crippen LogP contribution in [0, 0.1) is 5.82 Å². The van der Waals surface area contributed by atoms with E-state index >= 15 is 0 Å². The lowest BCUT2D eigenvalue weighted by Gasteiger charge is -2.01. The molecule has 26 heavy (non-hydrogen) atoms.